The van der Waals surface area contributed by atoms with E-state index in [1.54, 1.807) is 0 Å². The van der Waals surface area contributed by atoms with Crippen LogP contribution < -0.4 is 10.2 Å². The SMILES string of the molecule is C/C=S(\C)N1CCC(N2CCN(c3cccc(C(=O)NC4C5CC6CC4CC(C)(C6)C5)n3)[C@H](C)C2)CC1. The molecule has 37 heavy (non-hydrogen) atoms. The molecule has 1 amide bonds. The monoisotopic (exact) mass is 525 g/mol. The second-order valence-electron chi connectivity index (χ2n) is 13.1. The van der Waals surface area contributed by atoms with E-state index < -0.39 is 0 Å². The molecule has 2 saturated heterocycles. The molecule has 4 atom stereocenters. The number of nitrogens with zero attached hydrogens (tertiary/aromatic N) is 4. The summed E-state index contributed by atoms with van der Waals surface area (Å²) in [6.07, 6.45) is 11.5. The van der Waals surface area contributed by atoms with Crippen molar-refractivity contribution in [1.82, 2.24) is 19.5 Å². The second kappa shape index (κ2) is 10.3. The van der Waals surface area contributed by atoms with E-state index in [4.69, 9.17) is 4.98 Å². The van der Waals surface area contributed by atoms with Gasteiger partial charge < -0.3 is 10.2 Å². The molecular weight excluding hydrogens is 478 g/mol. The molecule has 6 nitrogen and oxygen atoms in total. The molecule has 0 radical (unpaired) electrons. The quantitative estimate of drug-likeness (QED) is 0.568. The summed E-state index contributed by atoms with van der Waals surface area (Å²) < 4.78 is 2.64. The fourth-order valence-corrected chi connectivity index (χ4v) is 9.99. The number of aromatic nitrogens is 1. The molecule has 0 spiro atoms. The number of hydrogen-bond acceptors (Lipinski definition) is 5. The summed E-state index contributed by atoms with van der Waals surface area (Å²) in [5.41, 5.74) is 1.11. The summed E-state index contributed by atoms with van der Waals surface area (Å²) in [6.45, 7) is 12.5. The molecule has 2 aliphatic heterocycles. The fourth-order valence-electron chi connectivity index (χ4n) is 8.90. The van der Waals surface area contributed by atoms with Crippen molar-refractivity contribution >= 4 is 27.8 Å². The first-order chi connectivity index (χ1) is 17.8. The van der Waals surface area contributed by atoms with Crippen LogP contribution in [0.4, 0.5) is 5.82 Å². The third-order valence-corrected chi connectivity index (χ3v) is 12.3. The highest BCUT2D eigenvalue weighted by atomic mass is 32.2. The van der Waals surface area contributed by atoms with Crippen LogP contribution in [0.1, 0.15) is 76.2 Å². The van der Waals surface area contributed by atoms with E-state index in [2.05, 4.69) is 57.9 Å². The van der Waals surface area contributed by atoms with Crippen LogP contribution in [-0.4, -0.2) is 82.6 Å². The maximum Gasteiger partial charge on any atom is 0.270 e. The topological polar surface area (TPSA) is 51.7 Å². The number of piperidine rings is 1. The van der Waals surface area contributed by atoms with Gasteiger partial charge in [0.25, 0.3) is 5.91 Å². The lowest BCUT2D eigenvalue weighted by Crippen LogP contribution is -2.58. The van der Waals surface area contributed by atoms with Gasteiger partial charge in [-0.2, -0.15) is 0 Å². The second-order valence-corrected chi connectivity index (χ2v) is 15.2. The minimum Gasteiger partial charge on any atom is -0.351 e. The van der Waals surface area contributed by atoms with Crippen molar-refractivity contribution in [2.75, 3.05) is 43.9 Å². The Balaban J connectivity index is 1.06. The number of anilines is 1. The molecule has 7 heteroatoms. The van der Waals surface area contributed by atoms with E-state index in [9.17, 15) is 4.79 Å². The molecule has 4 saturated carbocycles. The van der Waals surface area contributed by atoms with Gasteiger partial charge >= 0.3 is 0 Å². The third-order valence-electron chi connectivity index (χ3n) is 10.5. The zero-order valence-corrected chi connectivity index (χ0v) is 24.2. The molecule has 6 fully saturated rings. The molecule has 1 N–H and O–H groups in total. The van der Waals surface area contributed by atoms with E-state index >= 15 is 0 Å². The van der Waals surface area contributed by atoms with Crippen molar-refractivity contribution in [2.45, 2.75) is 83.8 Å². The van der Waals surface area contributed by atoms with E-state index in [1.165, 1.54) is 58.0 Å². The molecule has 1 aromatic heterocycles. The number of hydrogen-bond donors (Lipinski definition) is 1. The van der Waals surface area contributed by atoms with Crippen LogP contribution in [0, 0.1) is 23.2 Å². The molecule has 3 unspecified atom stereocenters. The molecular formula is C30H47N5OS. The average molecular weight is 526 g/mol. The lowest BCUT2D eigenvalue weighted by Gasteiger charge is -2.59. The molecule has 4 bridgehead atoms. The number of carbonyl (C=O) groups excluding carboxylic acids is 1. The van der Waals surface area contributed by atoms with Crippen LogP contribution in [0.15, 0.2) is 18.2 Å². The largest absolute Gasteiger partial charge is 0.351 e. The fraction of sp³-hybridized carbons (Fsp3) is 0.767. The van der Waals surface area contributed by atoms with Crippen molar-refractivity contribution in [2.24, 2.45) is 23.2 Å². The van der Waals surface area contributed by atoms with Gasteiger partial charge in [0.05, 0.1) is 0 Å². The van der Waals surface area contributed by atoms with Gasteiger partial charge in [0.1, 0.15) is 11.5 Å². The number of amides is 1. The first-order valence-corrected chi connectivity index (χ1v) is 16.4. The Morgan fingerprint density at radius 3 is 2.49 bits per heavy atom. The van der Waals surface area contributed by atoms with Gasteiger partial charge in [-0.05, 0) is 100 Å². The predicted molar refractivity (Wildman–Crippen MR) is 155 cm³/mol. The van der Waals surface area contributed by atoms with Gasteiger partial charge in [-0.1, -0.05) is 18.4 Å². The highest BCUT2D eigenvalue weighted by molar-refractivity contribution is 8.12. The van der Waals surface area contributed by atoms with Gasteiger partial charge in [-0.3, -0.25) is 14.0 Å². The normalized spacial score (nSPS) is 37.7. The Labute approximate surface area is 226 Å². The van der Waals surface area contributed by atoms with Crippen molar-refractivity contribution in [3.8, 4) is 0 Å². The summed E-state index contributed by atoms with van der Waals surface area (Å²) >= 11 is 0. The molecule has 4 aliphatic carbocycles. The van der Waals surface area contributed by atoms with Crippen LogP contribution in [-0.2, 0) is 0 Å². The first kappa shape index (κ1) is 25.8. The lowest BCUT2D eigenvalue weighted by molar-refractivity contribution is -0.0641. The van der Waals surface area contributed by atoms with Crippen molar-refractivity contribution in [1.29, 1.82) is 0 Å². The van der Waals surface area contributed by atoms with Crippen LogP contribution in [0.25, 0.3) is 0 Å². The van der Waals surface area contributed by atoms with Gasteiger partial charge in [-0.25, -0.2) is 4.98 Å². The van der Waals surface area contributed by atoms with Gasteiger partial charge in [0, 0.05) is 50.8 Å². The van der Waals surface area contributed by atoms with Crippen LogP contribution in [0.5, 0.6) is 0 Å². The van der Waals surface area contributed by atoms with Crippen molar-refractivity contribution in [3.63, 3.8) is 0 Å². The van der Waals surface area contributed by atoms with E-state index in [0.717, 1.165) is 31.4 Å². The highest BCUT2D eigenvalue weighted by Gasteiger charge is 2.53. The Kier molecular flexibility index (Phi) is 7.17. The Morgan fingerprint density at radius 2 is 1.84 bits per heavy atom. The predicted octanol–water partition coefficient (Wildman–Crippen LogP) is 4.64. The van der Waals surface area contributed by atoms with Crippen molar-refractivity contribution < 1.29 is 4.79 Å². The molecule has 1 aromatic rings. The minimum atomic E-state index is 0.0294. The Hall–Kier alpha value is -1.44. The van der Waals surface area contributed by atoms with Crippen LogP contribution in [0.2, 0.25) is 0 Å². The maximum absolute atomic E-state index is 13.4. The average Bonchev–Trinajstić information content (AvgIpc) is 2.89. The smallest absolute Gasteiger partial charge is 0.270 e. The van der Waals surface area contributed by atoms with Gasteiger partial charge in [0.15, 0.2) is 0 Å². The summed E-state index contributed by atoms with van der Waals surface area (Å²) in [5.74, 6) is 3.20. The summed E-state index contributed by atoms with van der Waals surface area (Å²) in [6, 6.07) is 7.46. The standard InChI is InChI=1S/C30H47N5OS/c1-5-37(4)34-11-9-25(10-12-34)33-13-14-35(21(2)20-33)27-8-6-7-26(31-27)29(36)32-28-23-15-22-16-24(28)19-30(3,17-22)18-23/h5-8,21-25,28H,9-20H2,1-4H3,(H,32,36)/t21-,22?,23?,24?,28?,30?,37?/m1/s1. The summed E-state index contributed by atoms with van der Waals surface area (Å²) in [4.78, 5) is 23.4. The Bertz CT molecular complexity index is 1020. The minimum absolute atomic E-state index is 0.0294. The molecule has 6 aliphatic rings. The molecule has 0 aromatic carbocycles. The van der Waals surface area contributed by atoms with Crippen molar-refractivity contribution in [3.05, 3.63) is 23.9 Å². The number of pyridine rings is 1. The number of rotatable bonds is 5. The van der Waals surface area contributed by atoms with Gasteiger partial charge in [0.2, 0.25) is 0 Å². The van der Waals surface area contributed by atoms with Crippen LogP contribution >= 0.6 is 10.7 Å². The third kappa shape index (κ3) is 5.12. The zero-order valence-electron chi connectivity index (χ0n) is 23.4. The molecule has 7 rings (SSSR count). The van der Waals surface area contributed by atoms with E-state index in [1.807, 2.05) is 12.1 Å². The molecule has 204 valence electrons. The Morgan fingerprint density at radius 1 is 1.11 bits per heavy atom. The van der Waals surface area contributed by atoms with E-state index in [-0.39, 0.29) is 5.91 Å². The summed E-state index contributed by atoms with van der Waals surface area (Å²) in [7, 11) is 0.308. The van der Waals surface area contributed by atoms with Gasteiger partial charge in [-0.15, -0.1) is 10.7 Å². The number of carbonyl (C=O) groups is 1. The molecule has 3 heterocycles. The van der Waals surface area contributed by atoms with E-state index in [0.29, 0.717) is 51.7 Å². The lowest BCUT2D eigenvalue weighted by atomic mass is 9.48. The van der Waals surface area contributed by atoms with Crippen LogP contribution in [0.3, 0.4) is 0 Å². The number of nitrogens with one attached hydrogen (secondary N) is 1. The maximum atomic E-state index is 13.4. The number of piperazine rings is 1. The zero-order chi connectivity index (χ0) is 25.7. The highest BCUT2D eigenvalue weighted by Crippen LogP contribution is 2.59. The first-order valence-electron chi connectivity index (χ1n) is 14.8. The summed E-state index contributed by atoms with van der Waals surface area (Å²) in [5, 5.41) is 5.81.